The molecule has 2 heterocycles. The second kappa shape index (κ2) is 12.9. The Hall–Kier alpha value is -7.04. The zero-order chi connectivity index (χ0) is 35.1. The minimum atomic E-state index is -0.340. The second-order valence-electron chi connectivity index (χ2n) is 13.4. The van der Waals surface area contributed by atoms with Crippen LogP contribution in [0.2, 0.25) is 0 Å². The summed E-state index contributed by atoms with van der Waals surface area (Å²) in [5.41, 5.74) is 11.7. The molecule has 0 spiro atoms. The number of benzene rings is 8. The molecular formula is C49H33N3O. The standard InChI is InChI=1S/C49H33N3O/c1-3-12-32(13-4-1)34-22-26-36(27-23-34)47-50-48(37-28-24-35(25-29-37)33-14-5-2-6-15-33)52-49(51-47)39-30-38-16-7-8-17-40(38)43(31-39)41-19-11-21-45-46(41)42-18-9-10-20-44(42)53-45/h1-31,47H,(H,50,51,52). The lowest BCUT2D eigenvalue weighted by molar-refractivity contribution is 0.669. The minimum absolute atomic E-state index is 0.340. The Labute approximate surface area is 307 Å². The van der Waals surface area contributed by atoms with Crippen LogP contribution in [0, 0.1) is 0 Å². The van der Waals surface area contributed by atoms with Gasteiger partial charge in [-0.25, -0.2) is 9.98 Å². The van der Waals surface area contributed by atoms with Crippen molar-refractivity contribution in [1.82, 2.24) is 5.32 Å². The van der Waals surface area contributed by atoms with E-state index in [2.05, 4.69) is 169 Å². The third-order valence-electron chi connectivity index (χ3n) is 10.2. The molecule has 250 valence electrons. The molecular weight excluding hydrogens is 647 g/mol. The number of fused-ring (bicyclic) bond motifs is 4. The van der Waals surface area contributed by atoms with E-state index in [9.17, 15) is 0 Å². The first-order valence-corrected chi connectivity index (χ1v) is 17.9. The Balaban J connectivity index is 1.13. The number of furan rings is 1. The van der Waals surface area contributed by atoms with Crippen LogP contribution >= 0.6 is 0 Å². The van der Waals surface area contributed by atoms with E-state index in [1.54, 1.807) is 0 Å². The van der Waals surface area contributed by atoms with Crippen molar-refractivity contribution in [2.75, 3.05) is 0 Å². The van der Waals surface area contributed by atoms with Gasteiger partial charge in [0, 0.05) is 21.9 Å². The zero-order valence-electron chi connectivity index (χ0n) is 28.8. The molecule has 1 aromatic heterocycles. The van der Waals surface area contributed by atoms with Gasteiger partial charge in [-0.2, -0.15) is 0 Å². The van der Waals surface area contributed by atoms with Gasteiger partial charge >= 0.3 is 0 Å². The fourth-order valence-electron chi connectivity index (χ4n) is 7.50. The molecule has 1 atom stereocenters. The van der Waals surface area contributed by atoms with Crippen LogP contribution in [0.25, 0.3) is 66.1 Å². The highest BCUT2D eigenvalue weighted by atomic mass is 16.3. The molecule has 1 aliphatic heterocycles. The quantitative estimate of drug-likeness (QED) is 0.190. The monoisotopic (exact) mass is 679 g/mol. The van der Waals surface area contributed by atoms with Gasteiger partial charge < -0.3 is 9.73 Å². The molecule has 4 heteroatoms. The third-order valence-corrected chi connectivity index (χ3v) is 10.2. The normalized spacial score (nSPS) is 14.2. The molecule has 0 fully saturated rings. The Bertz CT molecular complexity index is 2830. The van der Waals surface area contributed by atoms with Crippen LogP contribution < -0.4 is 5.32 Å². The summed E-state index contributed by atoms with van der Waals surface area (Å²) >= 11 is 0. The maximum absolute atomic E-state index is 6.32. The van der Waals surface area contributed by atoms with E-state index in [0.29, 0.717) is 5.84 Å². The van der Waals surface area contributed by atoms with Crippen molar-refractivity contribution in [1.29, 1.82) is 0 Å². The van der Waals surface area contributed by atoms with Gasteiger partial charge in [-0.3, -0.25) is 0 Å². The first kappa shape index (κ1) is 30.8. The molecule has 0 saturated heterocycles. The van der Waals surface area contributed by atoms with Gasteiger partial charge in [-0.05, 0) is 74.0 Å². The zero-order valence-corrected chi connectivity index (χ0v) is 28.8. The lowest BCUT2D eigenvalue weighted by atomic mass is 9.92. The second-order valence-corrected chi connectivity index (χ2v) is 13.4. The maximum Gasteiger partial charge on any atom is 0.159 e. The van der Waals surface area contributed by atoms with Crippen LogP contribution in [0.15, 0.2) is 202 Å². The van der Waals surface area contributed by atoms with Crippen molar-refractivity contribution in [2.24, 2.45) is 9.98 Å². The predicted molar refractivity (Wildman–Crippen MR) is 219 cm³/mol. The average Bonchev–Trinajstić information content (AvgIpc) is 3.63. The topological polar surface area (TPSA) is 49.9 Å². The largest absolute Gasteiger partial charge is 0.456 e. The Morgan fingerprint density at radius 3 is 1.75 bits per heavy atom. The number of rotatable bonds is 6. The van der Waals surface area contributed by atoms with Crippen LogP contribution in [-0.2, 0) is 0 Å². The molecule has 1 unspecified atom stereocenters. The highest BCUT2D eigenvalue weighted by molar-refractivity contribution is 6.18. The van der Waals surface area contributed by atoms with Crippen LogP contribution in [0.3, 0.4) is 0 Å². The van der Waals surface area contributed by atoms with E-state index in [-0.39, 0.29) is 6.17 Å². The van der Waals surface area contributed by atoms with E-state index in [1.165, 1.54) is 16.7 Å². The highest BCUT2D eigenvalue weighted by Crippen LogP contribution is 2.40. The van der Waals surface area contributed by atoms with Crippen LogP contribution in [0.4, 0.5) is 0 Å². The molecule has 1 aliphatic rings. The molecule has 53 heavy (non-hydrogen) atoms. The smallest absolute Gasteiger partial charge is 0.159 e. The summed E-state index contributed by atoms with van der Waals surface area (Å²) in [6.45, 7) is 0. The van der Waals surface area contributed by atoms with Crippen molar-refractivity contribution in [3.05, 3.63) is 205 Å². The molecule has 8 aromatic carbocycles. The maximum atomic E-state index is 6.32. The van der Waals surface area contributed by atoms with Crippen LogP contribution in [0.5, 0.6) is 0 Å². The number of hydrogen-bond acceptors (Lipinski definition) is 4. The van der Waals surface area contributed by atoms with Crippen LogP contribution in [0.1, 0.15) is 22.9 Å². The molecule has 0 aliphatic carbocycles. The molecule has 1 N–H and O–H groups in total. The van der Waals surface area contributed by atoms with Crippen molar-refractivity contribution >= 4 is 44.4 Å². The lowest BCUT2D eigenvalue weighted by Gasteiger charge is -2.24. The van der Waals surface area contributed by atoms with Gasteiger partial charge in [0.1, 0.15) is 23.2 Å². The first-order valence-electron chi connectivity index (χ1n) is 17.9. The summed E-state index contributed by atoms with van der Waals surface area (Å²) in [6, 6.07) is 65.8. The molecule has 9 aromatic rings. The van der Waals surface area contributed by atoms with E-state index in [1.807, 2.05) is 24.3 Å². The Morgan fingerprint density at radius 1 is 0.434 bits per heavy atom. The van der Waals surface area contributed by atoms with Crippen molar-refractivity contribution in [2.45, 2.75) is 6.17 Å². The van der Waals surface area contributed by atoms with Gasteiger partial charge in [0.05, 0.1) is 0 Å². The summed E-state index contributed by atoms with van der Waals surface area (Å²) in [7, 11) is 0. The molecule has 10 rings (SSSR count). The van der Waals surface area contributed by atoms with Crippen molar-refractivity contribution in [3.8, 4) is 33.4 Å². The number of amidine groups is 2. The Kier molecular flexibility index (Phi) is 7.51. The SMILES string of the molecule is c1ccc(-c2ccc(C3=NC(c4cc(-c5cccc6oc7ccccc7c56)c5ccccc5c4)=NC(c4ccc(-c5ccccc5)cc4)N3)cc2)cc1. The highest BCUT2D eigenvalue weighted by Gasteiger charge is 2.23. The predicted octanol–water partition coefficient (Wildman–Crippen LogP) is 12.2. The third kappa shape index (κ3) is 5.67. The summed E-state index contributed by atoms with van der Waals surface area (Å²) in [4.78, 5) is 10.6. The Morgan fingerprint density at radius 2 is 1.02 bits per heavy atom. The van der Waals surface area contributed by atoms with Crippen molar-refractivity contribution in [3.63, 3.8) is 0 Å². The number of hydrogen-bond donors (Lipinski definition) is 1. The molecule has 0 bridgehead atoms. The molecule has 4 nitrogen and oxygen atoms in total. The average molecular weight is 680 g/mol. The lowest BCUT2D eigenvalue weighted by Crippen LogP contribution is -2.33. The minimum Gasteiger partial charge on any atom is -0.456 e. The first-order chi connectivity index (χ1) is 26.2. The van der Waals surface area contributed by atoms with Gasteiger partial charge in [-0.15, -0.1) is 0 Å². The number of para-hydroxylation sites is 1. The fourth-order valence-corrected chi connectivity index (χ4v) is 7.50. The van der Waals surface area contributed by atoms with E-state index in [4.69, 9.17) is 14.4 Å². The molecule has 0 amide bonds. The summed E-state index contributed by atoms with van der Waals surface area (Å²) < 4.78 is 6.32. The summed E-state index contributed by atoms with van der Waals surface area (Å²) in [5, 5.41) is 8.18. The summed E-state index contributed by atoms with van der Waals surface area (Å²) in [5.74, 6) is 1.46. The number of aliphatic imine (C=N–C) groups is 2. The molecule has 0 saturated carbocycles. The number of nitrogens with one attached hydrogen (secondary N) is 1. The van der Waals surface area contributed by atoms with E-state index >= 15 is 0 Å². The van der Waals surface area contributed by atoms with E-state index < -0.39 is 0 Å². The van der Waals surface area contributed by atoms with Gasteiger partial charge in [-0.1, -0.05) is 164 Å². The van der Waals surface area contributed by atoms with Crippen LogP contribution in [-0.4, -0.2) is 11.7 Å². The van der Waals surface area contributed by atoms with E-state index in [0.717, 1.165) is 71.9 Å². The molecule has 0 radical (unpaired) electrons. The van der Waals surface area contributed by atoms with Crippen molar-refractivity contribution < 1.29 is 4.42 Å². The number of nitrogens with zero attached hydrogens (tertiary/aromatic N) is 2. The fraction of sp³-hybridized carbons (Fsp3) is 0.0204. The van der Waals surface area contributed by atoms with Gasteiger partial charge in [0.2, 0.25) is 0 Å². The summed E-state index contributed by atoms with van der Waals surface area (Å²) in [6.07, 6.45) is -0.340. The van der Waals surface area contributed by atoms with Gasteiger partial charge in [0.15, 0.2) is 5.84 Å². The van der Waals surface area contributed by atoms with Gasteiger partial charge in [0.25, 0.3) is 0 Å².